The Morgan fingerprint density at radius 3 is 2.22 bits per heavy atom. The van der Waals surface area contributed by atoms with Crippen molar-refractivity contribution >= 4 is 18.3 Å². The van der Waals surface area contributed by atoms with E-state index >= 15 is 0 Å². The van der Waals surface area contributed by atoms with Crippen molar-refractivity contribution < 1.29 is 18.0 Å². The zero-order valence-corrected chi connectivity index (χ0v) is 11.2. The third-order valence-electron chi connectivity index (χ3n) is 2.32. The Morgan fingerprint density at radius 1 is 1.06 bits per heavy atom. The number of rotatable bonds is 9. The summed E-state index contributed by atoms with van der Waals surface area (Å²) in [6, 6.07) is 0. The molecule has 0 spiro atoms. The summed E-state index contributed by atoms with van der Waals surface area (Å²) < 4.78 is 35.3. The molecule has 0 aromatic heterocycles. The molecular weight excluding hydrogens is 269 g/mol. The second-order valence-corrected chi connectivity index (χ2v) is 4.02. The molecule has 0 bridgehead atoms. The summed E-state index contributed by atoms with van der Waals surface area (Å²) in [5, 5.41) is 2.48. The number of hydrogen-bond acceptors (Lipinski definition) is 2. The van der Waals surface area contributed by atoms with Crippen LogP contribution in [0.15, 0.2) is 0 Å². The maximum absolute atomic E-state index is 11.8. The molecule has 0 saturated heterocycles. The Morgan fingerprint density at radius 2 is 1.67 bits per heavy atom. The molecule has 0 aliphatic rings. The van der Waals surface area contributed by atoms with Gasteiger partial charge in [0.1, 0.15) is 0 Å². The van der Waals surface area contributed by atoms with E-state index in [0.717, 1.165) is 25.7 Å². The van der Waals surface area contributed by atoms with Gasteiger partial charge in [-0.3, -0.25) is 4.79 Å². The van der Waals surface area contributed by atoms with Crippen molar-refractivity contribution in [3.05, 3.63) is 0 Å². The van der Waals surface area contributed by atoms with Gasteiger partial charge in [0.2, 0.25) is 5.91 Å². The van der Waals surface area contributed by atoms with Gasteiger partial charge in [-0.25, -0.2) is 0 Å². The minimum absolute atomic E-state index is 0. The summed E-state index contributed by atoms with van der Waals surface area (Å²) in [4.78, 5) is 11.2. The molecule has 0 unspecified atom stereocenters. The minimum Gasteiger partial charge on any atom is -0.356 e. The zero-order valence-electron chi connectivity index (χ0n) is 10.4. The standard InChI is InChI=1S/C11H21F3N2O.ClH/c12-11(13,14)7-5-9-16-10(17)6-3-1-2-4-8-15;/h1-9,15H2,(H,16,17);1H. The number of carbonyl (C=O) groups excluding carboxylic acids is 1. The van der Waals surface area contributed by atoms with E-state index in [1.807, 2.05) is 0 Å². The third-order valence-corrected chi connectivity index (χ3v) is 2.32. The highest BCUT2D eigenvalue weighted by atomic mass is 35.5. The van der Waals surface area contributed by atoms with Crippen molar-refractivity contribution in [2.75, 3.05) is 13.1 Å². The Hall–Kier alpha value is -0.490. The van der Waals surface area contributed by atoms with Gasteiger partial charge in [-0.05, 0) is 25.8 Å². The average Bonchev–Trinajstić information content (AvgIpc) is 2.23. The van der Waals surface area contributed by atoms with Crippen LogP contribution in [0.4, 0.5) is 13.2 Å². The predicted molar refractivity (Wildman–Crippen MR) is 67.7 cm³/mol. The van der Waals surface area contributed by atoms with Gasteiger partial charge >= 0.3 is 6.18 Å². The topological polar surface area (TPSA) is 55.1 Å². The van der Waals surface area contributed by atoms with Crippen LogP contribution in [0.1, 0.15) is 44.9 Å². The van der Waals surface area contributed by atoms with Gasteiger partial charge < -0.3 is 11.1 Å². The highest BCUT2D eigenvalue weighted by molar-refractivity contribution is 5.85. The Balaban J connectivity index is 0. The average molecular weight is 291 g/mol. The van der Waals surface area contributed by atoms with E-state index in [1.165, 1.54) is 0 Å². The first-order valence-corrected chi connectivity index (χ1v) is 5.99. The summed E-state index contributed by atoms with van der Waals surface area (Å²) >= 11 is 0. The number of unbranched alkanes of at least 4 members (excludes halogenated alkanes) is 3. The van der Waals surface area contributed by atoms with Gasteiger partial charge in [0.25, 0.3) is 0 Å². The second kappa shape index (κ2) is 11.6. The maximum Gasteiger partial charge on any atom is 0.389 e. The van der Waals surface area contributed by atoms with Crippen molar-refractivity contribution in [1.29, 1.82) is 0 Å². The summed E-state index contributed by atoms with van der Waals surface area (Å²) in [7, 11) is 0. The first kappa shape index (κ1) is 19.8. The number of alkyl halides is 3. The van der Waals surface area contributed by atoms with Crippen molar-refractivity contribution in [2.45, 2.75) is 51.1 Å². The van der Waals surface area contributed by atoms with Crippen LogP contribution in [0.5, 0.6) is 0 Å². The number of halogens is 4. The van der Waals surface area contributed by atoms with Gasteiger partial charge in [-0.2, -0.15) is 13.2 Å². The monoisotopic (exact) mass is 290 g/mol. The van der Waals surface area contributed by atoms with Gasteiger partial charge in [-0.1, -0.05) is 12.8 Å². The molecule has 0 atom stereocenters. The fraction of sp³-hybridized carbons (Fsp3) is 0.909. The molecular formula is C11H22ClF3N2O. The molecule has 110 valence electrons. The van der Waals surface area contributed by atoms with Gasteiger partial charge in [0.15, 0.2) is 0 Å². The molecule has 0 aromatic rings. The number of carbonyl (C=O) groups is 1. The maximum atomic E-state index is 11.8. The molecule has 0 fully saturated rings. The smallest absolute Gasteiger partial charge is 0.356 e. The van der Waals surface area contributed by atoms with Crippen LogP contribution in [0, 0.1) is 0 Å². The second-order valence-electron chi connectivity index (χ2n) is 4.02. The van der Waals surface area contributed by atoms with Crippen molar-refractivity contribution in [3.8, 4) is 0 Å². The van der Waals surface area contributed by atoms with Gasteiger partial charge in [-0.15, -0.1) is 12.4 Å². The third kappa shape index (κ3) is 15.5. The van der Waals surface area contributed by atoms with Crippen LogP contribution in [-0.2, 0) is 4.79 Å². The lowest BCUT2D eigenvalue weighted by atomic mass is 10.1. The molecule has 0 aliphatic carbocycles. The molecule has 0 radical (unpaired) electrons. The van der Waals surface area contributed by atoms with Crippen LogP contribution in [0.2, 0.25) is 0 Å². The van der Waals surface area contributed by atoms with Crippen LogP contribution in [0.3, 0.4) is 0 Å². The molecule has 1 amide bonds. The van der Waals surface area contributed by atoms with Gasteiger partial charge in [0, 0.05) is 19.4 Å². The van der Waals surface area contributed by atoms with E-state index in [-0.39, 0.29) is 31.3 Å². The largest absolute Gasteiger partial charge is 0.389 e. The molecule has 0 aliphatic heterocycles. The van der Waals surface area contributed by atoms with Gasteiger partial charge in [0.05, 0.1) is 0 Å². The Kier molecular flexibility index (Phi) is 12.8. The van der Waals surface area contributed by atoms with E-state index in [2.05, 4.69) is 5.32 Å². The molecule has 7 heteroatoms. The molecule has 3 N–H and O–H groups in total. The highest BCUT2D eigenvalue weighted by Gasteiger charge is 2.25. The summed E-state index contributed by atoms with van der Waals surface area (Å²) in [5.74, 6) is -0.167. The summed E-state index contributed by atoms with van der Waals surface area (Å²) in [6.07, 6.45) is -0.987. The SMILES string of the molecule is Cl.NCCCCCCC(=O)NCCCC(F)(F)F. The van der Waals surface area contributed by atoms with Crippen LogP contribution in [-0.4, -0.2) is 25.2 Å². The fourth-order valence-electron chi connectivity index (χ4n) is 1.39. The summed E-state index contributed by atoms with van der Waals surface area (Å²) in [5.41, 5.74) is 5.32. The van der Waals surface area contributed by atoms with Crippen molar-refractivity contribution in [2.24, 2.45) is 5.73 Å². The lowest BCUT2D eigenvalue weighted by molar-refractivity contribution is -0.136. The number of hydrogen-bond donors (Lipinski definition) is 2. The molecule has 0 heterocycles. The minimum atomic E-state index is -4.13. The first-order chi connectivity index (χ1) is 7.95. The van der Waals surface area contributed by atoms with Crippen LogP contribution >= 0.6 is 12.4 Å². The quantitative estimate of drug-likeness (QED) is 0.642. The summed E-state index contributed by atoms with van der Waals surface area (Å²) in [6.45, 7) is 0.755. The fourth-order valence-corrected chi connectivity index (χ4v) is 1.39. The lowest BCUT2D eigenvalue weighted by Gasteiger charge is -2.07. The van der Waals surface area contributed by atoms with E-state index in [9.17, 15) is 18.0 Å². The normalized spacial score (nSPS) is 10.9. The highest BCUT2D eigenvalue weighted by Crippen LogP contribution is 2.20. The van der Waals surface area contributed by atoms with E-state index in [1.54, 1.807) is 0 Å². The van der Waals surface area contributed by atoms with Crippen LogP contribution in [0.25, 0.3) is 0 Å². The first-order valence-electron chi connectivity index (χ1n) is 5.99. The molecule has 3 nitrogen and oxygen atoms in total. The van der Waals surface area contributed by atoms with E-state index in [0.29, 0.717) is 13.0 Å². The molecule has 0 aromatic carbocycles. The van der Waals surface area contributed by atoms with Crippen molar-refractivity contribution in [3.63, 3.8) is 0 Å². The van der Waals surface area contributed by atoms with Crippen molar-refractivity contribution in [1.82, 2.24) is 5.32 Å². The molecule has 0 rings (SSSR count). The molecule has 18 heavy (non-hydrogen) atoms. The Labute approximate surface area is 112 Å². The predicted octanol–water partition coefficient (Wildman–Crippen LogP) is 2.78. The number of nitrogens with one attached hydrogen (secondary N) is 1. The zero-order chi connectivity index (χ0) is 13.1. The molecule has 0 saturated carbocycles. The Bertz CT molecular complexity index is 213. The van der Waals surface area contributed by atoms with Crippen LogP contribution < -0.4 is 11.1 Å². The number of nitrogens with two attached hydrogens (primary N) is 1. The lowest BCUT2D eigenvalue weighted by Crippen LogP contribution is -2.25. The van der Waals surface area contributed by atoms with E-state index in [4.69, 9.17) is 5.73 Å². The van der Waals surface area contributed by atoms with E-state index < -0.39 is 12.6 Å². The number of amides is 1.